The SMILES string of the molecule is COC(=O)[C@]1(C(C)C)Cc2ccccc2O1. The minimum absolute atomic E-state index is 0.0762. The Morgan fingerprint density at radius 3 is 2.69 bits per heavy atom. The topological polar surface area (TPSA) is 35.5 Å². The van der Waals surface area contributed by atoms with Crippen molar-refractivity contribution in [2.45, 2.75) is 25.9 Å². The van der Waals surface area contributed by atoms with Gasteiger partial charge in [0.05, 0.1) is 7.11 Å². The van der Waals surface area contributed by atoms with Crippen molar-refractivity contribution in [2.24, 2.45) is 5.92 Å². The van der Waals surface area contributed by atoms with Crippen LogP contribution < -0.4 is 4.74 Å². The van der Waals surface area contributed by atoms with Crippen LogP contribution in [-0.4, -0.2) is 18.7 Å². The molecule has 3 heteroatoms. The third-order valence-electron chi connectivity index (χ3n) is 3.18. The molecule has 86 valence electrons. The Bertz CT molecular complexity index is 384. The predicted molar refractivity (Wildman–Crippen MR) is 60.4 cm³/mol. The summed E-state index contributed by atoms with van der Waals surface area (Å²) < 4.78 is 10.7. The van der Waals surface area contributed by atoms with Crippen molar-refractivity contribution in [1.29, 1.82) is 0 Å². The quantitative estimate of drug-likeness (QED) is 0.717. The number of ether oxygens (including phenoxy) is 2. The first-order chi connectivity index (χ1) is 7.60. The maximum absolute atomic E-state index is 11.9. The zero-order chi connectivity index (χ0) is 11.8. The number of rotatable bonds is 2. The highest BCUT2D eigenvalue weighted by Gasteiger charge is 2.49. The Hall–Kier alpha value is -1.51. The minimum atomic E-state index is -0.849. The van der Waals surface area contributed by atoms with Gasteiger partial charge in [-0.1, -0.05) is 32.0 Å². The van der Waals surface area contributed by atoms with Gasteiger partial charge in [-0.15, -0.1) is 0 Å². The lowest BCUT2D eigenvalue weighted by Gasteiger charge is -2.29. The number of hydrogen-bond donors (Lipinski definition) is 0. The van der Waals surface area contributed by atoms with Crippen LogP contribution in [0.3, 0.4) is 0 Å². The molecule has 1 heterocycles. The van der Waals surface area contributed by atoms with Crippen LogP contribution in [0, 0.1) is 5.92 Å². The van der Waals surface area contributed by atoms with Crippen LogP contribution in [0.2, 0.25) is 0 Å². The van der Waals surface area contributed by atoms with Gasteiger partial charge < -0.3 is 9.47 Å². The highest BCUT2D eigenvalue weighted by molar-refractivity contribution is 5.82. The highest BCUT2D eigenvalue weighted by Crippen LogP contribution is 2.39. The molecule has 2 rings (SSSR count). The van der Waals surface area contributed by atoms with Gasteiger partial charge in [0.15, 0.2) is 0 Å². The molecule has 0 N–H and O–H groups in total. The molecule has 1 aliphatic rings. The fraction of sp³-hybridized carbons (Fsp3) is 0.462. The lowest BCUT2D eigenvalue weighted by molar-refractivity contribution is -0.161. The van der Waals surface area contributed by atoms with Crippen LogP contribution in [0.4, 0.5) is 0 Å². The van der Waals surface area contributed by atoms with Crippen LogP contribution in [0.5, 0.6) is 5.75 Å². The molecule has 0 unspecified atom stereocenters. The van der Waals surface area contributed by atoms with Crippen LogP contribution in [-0.2, 0) is 16.0 Å². The Morgan fingerprint density at radius 1 is 1.44 bits per heavy atom. The van der Waals surface area contributed by atoms with E-state index in [1.165, 1.54) is 7.11 Å². The lowest BCUT2D eigenvalue weighted by atomic mass is 9.86. The fourth-order valence-electron chi connectivity index (χ4n) is 2.11. The monoisotopic (exact) mass is 220 g/mol. The van der Waals surface area contributed by atoms with E-state index >= 15 is 0 Å². The number of carbonyl (C=O) groups excluding carboxylic acids is 1. The second-order valence-electron chi connectivity index (χ2n) is 4.42. The number of esters is 1. The summed E-state index contributed by atoms with van der Waals surface area (Å²) in [5.41, 5.74) is 0.222. The van der Waals surface area contributed by atoms with Crippen LogP contribution >= 0.6 is 0 Å². The molecule has 1 aromatic carbocycles. The number of carbonyl (C=O) groups is 1. The number of hydrogen-bond acceptors (Lipinski definition) is 3. The Labute approximate surface area is 95.4 Å². The van der Waals surface area contributed by atoms with E-state index in [4.69, 9.17) is 9.47 Å². The zero-order valence-corrected chi connectivity index (χ0v) is 9.82. The average molecular weight is 220 g/mol. The number of para-hydroxylation sites is 1. The number of benzene rings is 1. The molecule has 0 spiro atoms. The van der Waals surface area contributed by atoms with Crippen molar-refractivity contribution in [3.05, 3.63) is 29.8 Å². The van der Waals surface area contributed by atoms with Crippen molar-refractivity contribution < 1.29 is 14.3 Å². The molecule has 0 amide bonds. The van der Waals surface area contributed by atoms with E-state index in [1.807, 2.05) is 38.1 Å². The second kappa shape index (κ2) is 3.81. The van der Waals surface area contributed by atoms with Crippen molar-refractivity contribution >= 4 is 5.97 Å². The molecule has 0 saturated carbocycles. The van der Waals surface area contributed by atoms with Gasteiger partial charge in [0.25, 0.3) is 0 Å². The maximum Gasteiger partial charge on any atom is 0.350 e. The fourth-order valence-corrected chi connectivity index (χ4v) is 2.11. The van der Waals surface area contributed by atoms with Crippen molar-refractivity contribution in [1.82, 2.24) is 0 Å². The molecular formula is C13H16O3. The van der Waals surface area contributed by atoms with E-state index in [2.05, 4.69) is 0 Å². The molecule has 0 aromatic heterocycles. The summed E-state index contributed by atoms with van der Waals surface area (Å²) >= 11 is 0. The van der Waals surface area contributed by atoms with Crippen molar-refractivity contribution in [3.63, 3.8) is 0 Å². The van der Waals surface area contributed by atoms with Crippen LogP contribution in [0.25, 0.3) is 0 Å². The summed E-state index contributed by atoms with van der Waals surface area (Å²) in [6.45, 7) is 3.95. The molecule has 0 bridgehead atoms. The van der Waals surface area contributed by atoms with E-state index in [1.54, 1.807) is 0 Å². The molecule has 0 aliphatic carbocycles. The molecule has 1 aromatic rings. The maximum atomic E-state index is 11.9. The van der Waals surface area contributed by atoms with Gasteiger partial charge in [-0.25, -0.2) is 4.79 Å². The van der Waals surface area contributed by atoms with E-state index in [9.17, 15) is 4.79 Å². The first kappa shape index (κ1) is 11.0. The highest BCUT2D eigenvalue weighted by atomic mass is 16.6. The standard InChI is InChI=1S/C13H16O3/c1-9(2)13(12(14)15-3)8-10-6-4-5-7-11(10)16-13/h4-7,9H,8H2,1-3H3/t13-/m1/s1. The lowest BCUT2D eigenvalue weighted by Crippen LogP contribution is -2.49. The summed E-state index contributed by atoms with van der Waals surface area (Å²) in [6.07, 6.45) is 0.591. The molecular weight excluding hydrogens is 204 g/mol. The zero-order valence-electron chi connectivity index (χ0n) is 9.82. The van der Waals surface area contributed by atoms with E-state index < -0.39 is 5.60 Å². The van der Waals surface area contributed by atoms with Gasteiger partial charge in [0, 0.05) is 12.3 Å². The van der Waals surface area contributed by atoms with Crippen LogP contribution in [0.15, 0.2) is 24.3 Å². The largest absolute Gasteiger partial charge is 0.475 e. The molecule has 3 nitrogen and oxygen atoms in total. The third kappa shape index (κ3) is 1.47. The Morgan fingerprint density at radius 2 is 2.12 bits per heavy atom. The van der Waals surface area contributed by atoms with Gasteiger partial charge in [-0.05, 0) is 11.6 Å². The first-order valence-corrected chi connectivity index (χ1v) is 5.45. The molecule has 0 radical (unpaired) electrons. The van der Waals surface area contributed by atoms with E-state index in [0.717, 1.165) is 11.3 Å². The second-order valence-corrected chi connectivity index (χ2v) is 4.42. The van der Waals surface area contributed by atoms with Gasteiger partial charge in [-0.3, -0.25) is 0 Å². The smallest absolute Gasteiger partial charge is 0.350 e. The summed E-state index contributed by atoms with van der Waals surface area (Å²) in [5, 5.41) is 0. The molecule has 0 fully saturated rings. The van der Waals surface area contributed by atoms with Crippen molar-refractivity contribution in [3.8, 4) is 5.75 Å². The molecule has 16 heavy (non-hydrogen) atoms. The normalized spacial score (nSPS) is 22.8. The Kier molecular flexibility index (Phi) is 2.62. The van der Waals surface area contributed by atoms with Gasteiger partial charge in [-0.2, -0.15) is 0 Å². The summed E-state index contributed by atoms with van der Waals surface area (Å²) in [6, 6.07) is 7.74. The number of fused-ring (bicyclic) bond motifs is 1. The van der Waals surface area contributed by atoms with Gasteiger partial charge in [0.2, 0.25) is 5.60 Å². The van der Waals surface area contributed by atoms with E-state index in [0.29, 0.717) is 6.42 Å². The minimum Gasteiger partial charge on any atom is -0.475 e. The van der Waals surface area contributed by atoms with Gasteiger partial charge >= 0.3 is 5.97 Å². The first-order valence-electron chi connectivity index (χ1n) is 5.45. The van der Waals surface area contributed by atoms with Crippen LogP contribution in [0.1, 0.15) is 19.4 Å². The molecule has 1 aliphatic heterocycles. The van der Waals surface area contributed by atoms with E-state index in [-0.39, 0.29) is 11.9 Å². The van der Waals surface area contributed by atoms with Gasteiger partial charge in [0.1, 0.15) is 5.75 Å². The molecule has 0 saturated heterocycles. The van der Waals surface area contributed by atoms with Crippen molar-refractivity contribution in [2.75, 3.05) is 7.11 Å². The summed E-state index contributed by atoms with van der Waals surface area (Å²) in [5.74, 6) is 0.577. The molecule has 1 atom stereocenters. The predicted octanol–water partition coefficient (Wildman–Crippen LogP) is 2.19. The summed E-state index contributed by atoms with van der Waals surface area (Å²) in [4.78, 5) is 11.9. The average Bonchev–Trinajstić information content (AvgIpc) is 2.68. The number of methoxy groups -OCH3 is 1. The Balaban J connectivity index is 2.38. The summed E-state index contributed by atoms with van der Waals surface area (Å²) in [7, 11) is 1.40. The third-order valence-corrected chi connectivity index (χ3v) is 3.18.